The number of carbonyl (C=O) groups is 1. The molecule has 1 aliphatic heterocycles. The third-order valence-corrected chi connectivity index (χ3v) is 5.07. The van der Waals surface area contributed by atoms with Gasteiger partial charge in [0.15, 0.2) is 0 Å². The molecule has 1 amide bonds. The minimum atomic E-state index is -0.0194. The molecule has 0 bridgehead atoms. The summed E-state index contributed by atoms with van der Waals surface area (Å²) < 4.78 is 0. The van der Waals surface area contributed by atoms with Crippen molar-refractivity contribution in [3.8, 4) is 0 Å². The number of amides is 1. The molecule has 0 radical (unpaired) electrons. The molecule has 4 heteroatoms. The Bertz CT molecular complexity index is 728. The minimum Gasteiger partial charge on any atom is -0.355 e. The summed E-state index contributed by atoms with van der Waals surface area (Å²) in [6, 6.07) is 15.8. The number of likely N-dealkylation sites (tertiary alicyclic amines) is 1. The second-order valence-electron chi connectivity index (χ2n) is 7.20. The molecule has 25 heavy (non-hydrogen) atoms. The lowest BCUT2D eigenvalue weighted by Crippen LogP contribution is -2.46. The number of carbonyl (C=O) groups excluding carboxylic acids is 1. The molecule has 2 aromatic rings. The van der Waals surface area contributed by atoms with Crippen LogP contribution in [0, 0.1) is 0 Å². The number of nitrogens with zero attached hydrogens (tertiary/aromatic N) is 1. The molecule has 1 fully saturated rings. The molecule has 0 aromatic heterocycles. The van der Waals surface area contributed by atoms with Crippen molar-refractivity contribution < 1.29 is 4.79 Å². The van der Waals surface area contributed by atoms with Crippen LogP contribution in [-0.2, 0) is 11.3 Å². The summed E-state index contributed by atoms with van der Waals surface area (Å²) in [5.74, 6) is 0.159. The van der Waals surface area contributed by atoms with E-state index in [1.54, 1.807) is 0 Å². The first-order valence-electron chi connectivity index (χ1n) is 9.33. The lowest BCUT2D eigenvalue weighted by Gasteiger charge is -2.27. The van der Waals surface area contributed by atoms with E-state index in [1.165, 1.54) is 16.3 Å². The predicted molar refractivity (Wildman–Crippen MR) is 104 cm³/mol. The van der Waals surface area contributed by atoms with E-state index in [0.717, 1.165) is 19.5 Å². The first kappa shape index (κ1) is 17.9. The van der Waals surface area contributed by atoms with Crippen molar-refractivity contribution in [1.29, 1.82) is 0 Å². The van der Waals surface area contributed by atoms with Gasteiger partial charge >= 0.3 is 0 Å². The highest BCUT2D eigenvalue weighted by atomic mass is 16.2. The van der Waals surface area contributed by atoms with Crippen molar-refractivity contribution in [2.45, 2.75) is 51.9 Å². The molecule has 134 valence electrons. The SMILES string of the molecule is CCNC(=O)[C@@H]1C[C@H](NCc2ccc3ccccc3c2)CN1C(C)C. The molecular weight excluding hydrogens is 310 g/mol. The van der Waals surface area contributed by atoms with Crippen LogP contribution in [-0.4, -0.2) is 42.0 Å². The highest BCUT2D eigenvalue weighted by Crippen LogP contribution is 2.22. The molecule has 3 rings (SSSR count). The van der Waals surface area contributed by atoms with E-state index in [2.05, 4.69) is 71.8 Å². The second kappa shape index (κ2) is 7.98. The Balaban J connectivity index is 1.63. The van der Waals surface area contributed by atoms with Crippen LogP contribution in [0.4, 0.5) is 0 Å². The molecule has 0 saturated carbocycles. The first-order valence-corrected chi connectivity index (χ1v) is 9.33. The molecule has 1 saturated heterocycles. The van der Waals surface area contributed by atoms with Crippen molar-refractivity contribution >= 4 is 16.7 Å². The largest absolute Gasteiger partial charge is 0.355 e. The molecule has 2 N–H and O–H groups in total. The zero-order chi connectivity index (χ0) is 17.8. The van der Waals surface area contributed by atoms with Crippen LogP contribution in [0.5, 0.6) is 0 Å². The van der Waals surface area contributed by atoms with Crippen LogP contribution in [0.3, 0.4) is 0 Å². The number of fused-ring (bicyclic) bond motifs is 1. The summed E-state index contributed by atoms with van der Waals surface area (Å²) in [4.78, 5) is 14.7. The Hall–Kier alpha value is -1.91. The van der Waals surface area contributed by atoms with Crippen molar-refractivity contribution in [2.75, 3.05) is 13.1 Å². The van der Waals surface area contributed by atoms with E-state index in [1.807, 2.05) is 6.92 Å². The Morgan fingerprint density at radius 2 is 1.96 bits per heavy atom. The van der Waals surface area contributed by atoms with Crippen molar-refractivity contribution in [3.05, 3.63) is 48.0 Å². The smallest absolute Gasteiger partial charge is 0.237 e. The normalized spacial score (nSPS) is 21.1. The number of likely N-dealkylation sites (N-methyl/N-ethyl adjacent to an activating group) is 1. The molecule has 0 unspecified atom stereocenters. The van der Waals surface area contributed by atoms with Gasteiger partial charge in [0.25, 0.3) is 0 Å². The molecule has 4 nitrogen and oxygen atoms in total. The molecular formula is C21H29N3O. The van der Waals surface area contributed by atoms with Gasteiger partial charge < -0.3 is 10.6 Å². The van der Waals surface area contributed by atoms with Gasteiger partial charge in [-0.05, 0) is 49.6 Å². The van der Waals surface area contributed by atoms with Crippen LogP contribution in [0.25, 0.3) is 10.8 Å². The molecule has 0 spiro atoms. The van der Waals surface area contributed by atoms with Gasteiger partial charge in [0.1, 0.15) is 0 Å². The summed E-state index contributed by atoms with van der Waals surface area (Å²) >= 11 is 0. The summed E-state index contributed by atoms with van der Waals surface area (Å²) in [6.45, 7) is 8.75. The van der Waals surface area contributed by atoms with Crippen LogP contribution in [0.2, 0.25) is 0 Å². The van der Waals surface area contributed by atoms with Crippen molar-refractivity contribution in [2.24, 2.45) is 0 Å². The quantitative estimate of drug-likeness (QED) is 0.850. The van der Waals surface area contributed by atoms with Gasteiger partial charge in [0.2, 0.25) is 5.91 Å². The van der Waals surface area contributed by atoms with Gasteiger partial charge in [0, 0.05) is 31.7 Å². The summed E-state index contributed by atoms with van der Waals surface area (Å²) in [5.41, 5.74) is 1.29. The number of hydrogen-bond acceptors (Lipinski definition) is 3. The zero-order valence-electron chi connectivity index (χ0n) is 15.5. The number of rotatable bonds is 6. The number of nitrogens with one attached hydrogen (secondary N) is 2. The zero-order valence-corrected chi connectivity index (χ0v) is 15.5. The molecule has 1 aliphatic rings. The fourth-order valence-corrected chi connectivity index (χ4v) is 3.74. The van der Waals surface area contributed by atoms with E-state index in [9.17, 15) is 4.79 Å². The highest BCUT2D eigenvalue weighted by molar-refractivity contribution is 5.83. The standard InChI is InChI=1S/C21H29N3O/c1-4-22-21(25)20-12-19(14-24(20)15(2)3)23-13-16-9-10-17-7-5-6-8-18(17)11-16/h5-11,15,19-20,23H,4,12-14H2,1-3H3,(H,22,25)/t19-,20-/m0/s1. The maximum atomic E-state index is 12.3. The van der Waals surface area contributed by atoms with E-state index < -0.39 is 0 Å². The third kappa shape index (κ3) is 4.20. The lowest BCUT2D eigenvalue weighted by atomic mass is 10.1. The van der Waals surface area contributed by atoms with Gasteiger partial charge in [-0.1, -0.05) is 36.4 Å². The summed E-state index contributed by atoms with van der Waals surface area (Å²) in [6.07, 6.45) is 0.873. The van der Waals surface area contributed by atoms with Gasteiger partial charge in [-0.25, -0.2) is 0 Å². The second-order valence-corrected chi connectivity index (χ2v) is 7.20. The molecule has 2 aromatic carbocycles. The Morgan fingerprint density at radius 1 is 1.20 bits per heavy atom. The maximum absolute atomic E-state index is 12.3. The average Bonchev–Trinajstić information content (AvgIpc) is 3.05. The highest BCUT2D eigenvalue weighted by Gasteiger charge is 2.37. The van der Waals surface area contributed by atoms with Crippen molar-refractivity contribution in [1.82, 2.24) is 15.5 Å². The number of hydrogen-bond donors (Lipinski definition) is 2. The van der Waals surface area contributed by atoms with Crippen molar-refractivity contribution in [3.63, 3.8) is 0 Å². The Morgan fingerprint density at radius 3 is 2.68 bits per heavy atom. The van der Waals surface area contributed by atoms with Gasteiger partial charge in [0.05, 0.1) is 6.04 Å². The number of benzene rings is 2. The van der Waals surface area contributed by atoms with Gasteiger partial charge in [-0.3, -0.25) is 9.69 Å². The van der Waals surface area contributed by atoms with Gasteiger partial charge in [-0.2, -0.15) is 0 Å². The maximum Gasteiger partial charge on any atom is 0.237 e. The van der Waals surface area contributed by atoms with Crippen LogP contribution < -0.4 is 10.6 Å². The summed E-state index contributed by atoms with van der Waals surface area (Å²) in [5, 5.41) is 9.18. The Kier molecular flexibility index (Phi) is 5.71. The Labute approximate surface area is 150 Å². The molecule has 2 atom stereocenters. The van der Waals surface area contributed by atoms with Crippen LogP contribution >= 0.6 is 0 Å². The fraction of sp³-hybridized carbons (Fsp3) is 0.476. The third-order valence-electron chi connectivity index (χ3n) is 5.07. The molecule has 1 heterocycles. The predicted octanol–water partition coefficient (Wildman–Crippen LogP) is 2.92. The monoisotopic (exact) mass is 339 g/mol. The topological polar surface area (TPSA) is 44.4 Å². The van der Waals surface area contributed by atoms with E-state index in [-0.39, 0.29) is 11.9 Å². The molecule has 0 aliphatic carbocycles. The van der Waals surface area contributed by atoms with E-state index >= 15 is 0 Å². The minimum absolute atomic E-state index is 0.0194. The van der Waals surface area contributed by atoms with E-state index in [4.69, 9.17) is 0 Å². The first-order chi connectivity index (χ1) is 12.1. The van der Waals surface area contributed by atoms with Crippen LogP contribution in [0.1, 0.15) is 32.8 Å². The lowest BCUT2D eigenvalue weighted by molar-refractivity contribution is -0.125. The summed E-state index contributed by atoms with van der Waals surface area (Å²) in [7, 11) is 0. The van der Waals surface area contributed by atoms with E-state index in [0.29, 0.717) is 18.6 Å². The average molecular weight is 339 g/mol. The van der Waals surface area contributed by atoms with Gasteiger partial charge in [-0.15, -0.1) is 0 Å². The fourth-order valence-electron chi connectivity index (χ4n) is 3.74. The van der Waals surface area contributed by atoms with Crippen LogP contribution in [0.15, 0.2) is 42.5 Å².